The number of amides is 2. The van der Waals surface area contributed by atoms with Crippen molar-refractivity contribution in [3.8, 4) is 0 Å². The van der Waals surface area contributed by atoms with E-state index in [1.54, 1.807) is 0 Å². The normalized spacial score (nSPS) is 19.9. The molecule has 7 nitrogen and oxygen atoms in total. The Morgan fingerprint density at radius 1 is 0.903 bits per heavy atom. The number of para-hydroxylation sites is 2. The van der Waals surface area contributed by atoms with Crippen LogP contribution in [-0.4, -0.2) is 51.7 Å². The van der Waals surface area contributed by atoms with Crippen LogP contribution in [0.2, 0.25) is 0 Å². The maximum atomic E-state index is 13.2. The maximum Gasteiger partial charge on any atom is 0.321 e. The van der Waals surface area contributed by atoms with Gasteiger partial charge in [-0.3, -0.25) is 4.40 Å². The number of carbonyl (C=O) groups is 1. The molecule has 2 fully saturated rings. The fraction of sp³-hybridized carbons (Fsp3) is 0.458. The topological polar surface area (TPSA) is 65.8 Å². The van der Waals surface area contributed by atoms with E-state index in [0.717, 1.165) is 55.3 Å². The summed E-state index contributed by atoms with van der Waals surface area (Å²) in [7, 11) is 0. The molecule has 0 bridgehead atoms. The minimum absolute atomic E-state index is 0.0270. The lowest BCUT2D eigenvalue weighted by atomic mass is 9.97. The Bertz CT molecular complexity index is 1040. The van der Waals surface area contributed by atoms with Crippen molar-refractivity contribution in [1.82, 2.24) is 19.5 Å². The van der Waals surface area contributed by atoms with Gasteiger partial charge in [0, 0.05) is 38.3 Å². The van der Waals surface area contributed by atoms with Crippen molar-refractivity contribution in [1.29, 1.82) is 0 Å². The number of pyridine rings is 1. The quantitative estimate of drug-likeness (QED) is 0.679. The molecule has 1 atom stereocenters. The monoisotopic (exact) mass is 418 g/mol. The number of likely N-dealkylation sites (tertiary alicyclic amines) is 1. The Hall–Kier alpha value is -3.09. The molecular formula is C24H30N6O. The van der Waals surface area contributed by atoms with E-state index in [1.165, 1.54) is 25.7 Å². The first-order valence-corrected chi connectivity index (χ1v) is 11.5. The average Bonchev–Trinajstić information content (AvgIpc) is 3.06. The third kappa shape index (κ3) is 4.22. The van der Waals surface area contributed by atoms with E-state index in [-0.39, 0.29) is 11.9 Å². The van der Waals surface area contributed by atoms with E-state index in [2.05, 4.69) is 32.5 Å². The Kier molecular flexibility index (Phi) is 5.74. The number of urea groups is 1. The molecule has 0 saturated carbocycles. The van der Waals surface area contributed by atoms with Crippen molar-refractivity contribution in [2.45, 2.75) is 44.4 Å². The van der Waals surface area contributed by atoms with Crippen molar-refractivity contribution < 1.29 is 4.79 Å². The number of aromatic nitrogens is 3. The highest BCUT2D eigenvalue weighted by atomic mass is 16.2. The predicted molar refractivity (Wildman–Crippen MR) is 123 cm³/mol. The molecular weight excluding hydrogens is 388 g/mol. The van der Waals surface area contributed by atoms with Crippen molar-refractivity contribution in [2.75, 3.05) is 36.4 Å². The third-order valence-electron chi connectivity index (χ3n) is 6.51. The van der Waals surface area contributed by atoms with Crippen LogP contribution < -0.4 is 10.2 Å². The number of benzene rings is 1. The molecule has 2 saturated heterocycles. The van der Waals surface area contributed by atoms with E-state index in [9.17, 15) is 4.79 Å². The van der Waals surface area contributed by atoms with Gasteiger partial charge >= 0.3 is 6.03 Å². The molecule has 7 heteroatoms. The van der Waals surface area contributed by atoms with Gasteiger partial charge in [0.25, 0.3) is 0 Å². The van der Waals surface area contributed by atoms with E-state index in [1.807, 2.05) is 45.8 Å². The minimum atomic E-state index is -0.0270. The first kappa shape index (κ1) is 19.8. The molecule has 0 unspecified atom stereocenters. The summed E-state index contributed by atoms with van der Waals surface area (Å²) in [6, 6.07) is 14.1. The van der Waals surface area contributed by atoms with Gasteiger partial charge < -0.3 is 15.1 Å². The number of fused-ring (bicyclic) bond motifs is 1. The van der Waals surface area contributed by atoms with E-state index >= 15 is 0 Å². The largest absolute Gasteiger partial charge is 0.370 e. The number of nitrogens with zero attached hydrogens (tertiary/aromatic N) is 5. The molecule has 2 aromatic heterocycles. The Morgan fingerprint density at radius 3 is 2.58 bits per heavy atom. The summed E-state index contributed by atoms with van der Waals surface area (Å²) in [5, 5.41) is 11.9. The van der Waals surface area contributed by atoms with Crippen molar-refractivity contribution >= 4 is 23.1 Å². The van der Waals surface area contributed by atoms with Crippen LogP contribution in [0.4, 0.5) is 16.2 Å². The molecule has 0 radical (unpaired) electrons. The average molecular weight is 419 g/mol. The van der Waals surface area contributed by atoms with Crippen molar-refractivity contribution in [3.05, 3.63) is 54.5 Å². The summed E-state index contributed by atoms with van der Waals surface area (Å²) < 4.78 is 2.04. The molecule has 2 aliphatic rings. The van der Waals surface area contributed by atoms with Gasteiger partial charge in [-0.15, -0.1) is 10.2 Å². The molecule has 4 heterocycles. The summed E-state index contributed by atoms with van der Waals surface area (Å²) in [6.45, 7) is 3.54. The van der Waals surface area contributed by atoms with Gasteiger partial charge in [-0.05, 0) is 49.9 Å². The smallest absolute Gasteiger partial charge is 0.321 e. The van der Waals surface area contributed by atoms with Gasteiger partial charge in [-0.25, -0.2) is 4.79 Å². The molecule has 5 rings (SSSR count). The summed E-state index contributed by atoms with van der Waals surface area (Å²) in [4.78, 5) is 17.6. The highest BCUT2D eigenvalue weighted by Gasteiger charge is 2.28. The highest BCUT2D eigenvalue weighted by molar-refractivity contribution is 5.93. The summed E-state index contributed by atoms with van der Waals surface area (Å²) in [6.07, 6.45) is 8.98. The fourth-order valence-electron chi connectivity index (χ4n) is 4.87. The number of carbonyl (C=O) groups excluding carboxylic acids is 1. The van der Waals surface area contributed by atoms with Gasteiger partial charge in [0.15, 0.2) is 5.65 Å². The molecule has 1 aromatic carbocycles. The van der Waals surface area contributed by atoms with Gasteiger partial charge in [0.1, 0.15) is 5.82 Å². The Morgan fingerprint density at radius 2 is 1.71 bits per heavy atom. The maximum absolute atomic E-state index is 13.2. The molecule has 2 aliphatic heterocycles. The Labute approximate surface area is 183 Å². The van der Waals surface area contributed by atoms with Crippen LogP contribution in [0.1, 0.15) is 50.3 Å². The standard InChI is InChI=1S/C24H30N6O/c31-24(25-20-11-3-4-12-21(20)28-14-6-1-2-7-15-28)29-16-9-10-19(18-29)23-27-26-22-13-5-8-17-30(22)23/h3-5,8,11-13,17,19H,1-2,6-7,9-10,14-16,18H2,(H,25,31)/t19-/m0/s1. The summed E-state index contributed by atoms with van der Waals surface area (Å²) in [5.41, 5.74) is 2.89. The highest BCUT2D eigenvalue weighted by Crippen LogP contribution is 2.30. The zero-order valence-corrected chi connectivity index (χ0v) is 17.9. The number of nitrogens with one attached hydrogen (secondary N) is 1. The zero-order valence-electron chi connectivity index (χ0n) is 17.9. The lowest BCUT2D eigenvalue weighted by molar-refractivity contribution is 0.191. The SMILES string of the molecule is O=C(Nc1ccccc1N1CCCCCC1)N1CCC[C@H](c2nnc3ccccn23)C1. The van der Waals surface area contributed by atoms with Crippen LogP contribution in [-0.2, 0) is 0 Å². The van der Waals surface area contributed by atoms with Crippen LogP contribution in [0.15, 0.2) is 48.7 Å². The number of piperidine rings is 1. The molecule has 162 valence electrons. The fourth-order valence-corrected chi connectivity index (χ4v) is 4.87. The molecule has 1 N–H and O–H groups in total. The number of anilines is 2. The second kappa shape index (κ2) is 8.96. The van der Waals surface area contributed by atoms with Crippen molar-refractivity contribution in [2.24, 2.45) is 0 Å². The van der Waals surface area contributed by atoms with E-state index in [4.69, 9.17) is 0 Å². The number of hydrogen-bond donors (Lipinski definition) is 1. The predicted octanol–water partition coefficient (Wildman–Crippen LogP) is 4.52. The molecule has 3 aromatic rings. The number of hydrogen-bond acceptors (Lipinski definition) is 4. The van der Waals surface area contributed by atoms with E-state index in [0.29, 0.717) is 6.54 Å². The van der Waals surface area contributed by atoms with Crippen LogP contribution in [0, 0.1) is 0 Å². The summed E-state index contributed by atoms with van der Waals surface area (Å²) in [5.74, 6) is 1.14. The number of rotatable bonds is 3. The van der Waals surface area contributed by atoms with Gasteiger partial charge in [0.05, 0.1) is 11.4 Å². The summed E-state index contributed by atoms with van der Waals surface area (Å²) >= 11 is 0. The van der Waals surface area contributed by atoms with Gasteiger partial charge in [-0.1, -0.05) is 31.0 Å². The third-order valence-corrected chi connectivity index (χ3v) is 6.51. The lowest BCUT2D eigenvalue weighted by Gasteiger charge is -2.33. The van der Waals surface area contributed by atoms with Crippen LogP contribution in [0.3, 0.4) is 0 Å². The molecule has 0 spiro atoms. The Balaban J connectivity index is 1.31. The minimum Gasteiger partial charge on any atom is -0.370 e. The van der Waals surface area contributed by atoms with Crippen LogP contribution in [0.25, 0.3) is 5.65 Å². The van der Waals surface area contributed by atoms with Gasteiger partial charge in [-0.2, -0.15) is 0 Å². The molecule has 31 heavy (non-hydrogen) atoms. The second-order valence-corrected chi connectivity index (χ2v) is 8.62. The second-order valence-electron chi connectivity index (χ2n) is 8.62. The molecule has 0 aliphatic carbocycles. The van der Waals surface area contributed by atoms with E-state index < -0.39 is 0 Å². The lowest BCUT2D eigenvalue weighted by Crippen LogP contribution is -2.42. The first-order valence-electron chi connectivity index (χ1n) is 11.5. The van der Waals surface area contributed by atoms with Crippen molar-refractivity contribution in [3.63, 3.8) is 0 Å². The van der Waals surface area contributed by atoms with Gasteiger partial charge in [0.2, 0.25) is 0 Å². The first-order chi connectivity index (χ1) is 15.3. The van der Waals surface area contributed by atoms with Crippen LogP contribution >= 0.6 is 0 Å². The molecule has 2 amide bonds. The zero-order chi connectivity index (χ0) is 21.0. The van der Waals surface area contributed by atoms with Crippen LogP contribution in [0.5, 0.6) is 0 Å².